The van der Waals surface area contributed by atoms with Crippen LogP contribution in [0.2, 0.25) is 0 Å². The van der Waals surface area contributed by atoms with E-state index in [1.807, 2.05) is 0 Å². The van der Waals surface area contributed by atoms with Crippen LogP contribution >= 0.6 is 7.82 Å². The van der Waals surface area contributed by atoms with Gasteiger partial charge in [0.25, 0.3) is 0 Å². The molecule has 0 aliphatic rings. The van der Waals surface area contributed by atoms with Crippen LogP contribution in [0.3, 0.4) is 0 Å². The first kappa shape index (κ1) is 23.6. The van der Waals surface area contributed by atoms with E-state index in [1.165, 1.54) is 0 Å². The van der Waals surface area contributed by atoms with Crippen molar-refractivity contribution in [2.24, 2.45) is 0 Å². The van der Waals surface area contributed by atoms with Crippen LogP contribution in [0.15, 0.2) is 0 Å². The molecule has 5 nitrogen and oxygen atoms in total. The van der Waals surface area contributed by atoms with Gasteiger partial charge in [-0.2, -0.15) is 0 Å². The molecule has 0 spiro atoms. The Labute approximate surface area is 128 Å². The summed E-state index contributed by atoms with van der Waals surface area (Å²) in [5.41, 5.74) is 0. The van der Waals surface area contributed by atoms with Crippen LogP contribution in [-0.2, 0) is 15.7 Å². The molecule has 0 aromatic heterocycles. The van der Waals surface area contributed by atoms with E-state index < -0.39 is 19.0 Å². The third-order valence-electron chi connectivity index (χ3n) is 0. The predicted octanol–water partition coefficient (Wildman–Crippen LogP) is -2.77. The van der Waals surface area contributed by atoms with Gasteiger partial charge in [0.1, 0.15) is 0 Å². The van der Waals surface area contributed by atoms with Crippen molar-refractivity contribution in [2.75, 3.05) is 12.5 Å². The Morgan fingerprint density at radius 2 is 1.18 bits per heavy atom. The number of rotatable bonds is 0. The number of hydrogen-bond acceptors (Lipinski definition) is 2. The number of hydrogen-bond donors (Lipinski definition) is 3. The van der Waals surface area contributed by atoms with Gasteiger partial charge in [0.05, 0.1) is 12.5 Å². The van der Waals surface area contributed by atoms with E-state index in [9.17, 15) is 4.55 Å². The zero-order valence-corrected chi connectivity index (χ0v) is 6.72. The Morgan fingerprint density at radius 1 is 1.18 bits per heavy atom. The van der Waals surface area contributed by atoms with Gasteiger partial charge in [0, 0.05) is 0 Å². The van der Waals surface area contributed by atoms with Gasteiger partial charge in [0.2, 0.25) is 0 Å². The van der Waals surface area contributed by atoms with Crippen molar-refractivity contribution in [3.8, 4) is 0 Å². The van der Waals surface area contributed by atoms with Crippen LogP contribution in [0.5, 0.6) is 0 Å². The summed E-state index contributed by atoms with van der Waals surface area (Å²) in [6.07, 6.45) is 3.28. The molecule has 0 rings (SSSR count). The molecule has 0 saturated heterocycles. The van der Waals surface area contributed by atoms with Crippen molar-refractivity contribution in [1.82, 2.24) is 0 Å². The van der Waals surface area contributed by atoms with Gasteiger partial charge < -0.3 is 19.2 Å². The molecule has 0 amide bonds. The molecule has 0 aliphatic heterocycles. The second-order valence-corrected chi connectivity index (χ2v) is 3.76. The van der Waals surface area contributed by atoms with E-state index in [2.05, 4.69) is 0 Å². The molecule has 0 unspecified atom stereocenters. The Kier molecular flexibility index (Phi) is 27.8. The topological polar surface area (TPSA) is 101 Å². The molecule has 0 aromatic carbocycles. The third-order valence-corrected chi connectivity index (χ3v) is 0. The van der Waals surface area contributed by atoms with Gasteiger partial charge >= 0.3 is 83.3 Å². The quantitative estimate of drug-likeness (QED) is 0.249. The SMILES string of the molecule is C[S+](C)[O-].O=P(O)(O)O.[CaH2].[CaH2]. The fourth-order valence-corrected chi connectivity index (χ4v) is 0. The second-order valence-electron chi connectivity index (χ2n) is 1.25. The van der Waals surface area contributed by atoms with Crippen molar-refractivity contribution in [1.29, 1.82) is 0 Å². The van der Waals surface area contributed by atoms with Crippen molar-refractivity contribution in [3.63, 3.8) is 0 Å². The average molecular weight is 260 g/mol. The number of phosphoric acid groups is 1. The molecule has 11 heavy (non-hydrogen) atoms. The van der Waals surface area contributed by atoms with Crippen molar-refractivity contribution >= 4 is 94.5 Å². The fraction of sp³-hybridized carbons (Fsp3) is 1.00. The molecule has 0 heterocycles. The summed E-state index contributed by atoms with van der Waals surface area (Å²) < 4.78 is 18.4. The van der Waals surface area contributed by atoms with Gasteiger partial charge in [-0.3, -0.25) is 0 Å². The molecule has 0 fully saturated rings. The Morgan fingerprint density at radius 3 is 1.18 bits per heavy atom. The molecule has 0 radical (unpaired) electrons. The third kappa shape index (κ3) is 179. The standard InChI is InChI=1S/C2H6OS.2Ca.H3O4P.4H/c1-4(2)3;;;1-5(2,3)4;;;;/h1-2H3;;;(H3,1,2,3,4);;;;. The van der Waals surface area contributed by atoms with Crippen LogP contribution in [-0.4, -0.2) is 107 Å². The van der Waals surface area contributed by atoms with E-state index in [1.54, 1.807) is 12.5 Å². The monoisotopic (exact) mass is 260 g/mol. The Bertz CT molecular complexity index is 93.6. The van der Waals surface area contributed by atoms with Crippen LogP contribution in [0.25, 0.3) is 0 Å². The van der Waals surface area contributed by atoms with Crippen LogP contribution < -0.4 is 0 Å². The minimum atomic E-state index is -4.64. The van der Waals surface area contributed by atoms with Gasteiger partial charge in [-0.25, -0.2) is 4.57 Å². The van der Waals surface area contributed by atoms with E-state index in [4.69, 9.17) is 19.2 Å². The zero-order chi connectivity index (χ0) is 8.08. The second kappa shape index (κ2) is 12.9. The van der Waals surface area contributed by atoms with Crippen LogP contribution in [0.1, 0.15) is 0 Å². The maximum atomic E-state index is 9.56. The van der Waals surface area contributed by atoms with E-state index in [-0.39, 0.29) is 75.5 Å². The zero-order valence-electron chi connectivity index (χ0n) is 5.01. The summed E-state index contributed by atoms with van der Waals surface area (Å²) in [4.78, 5) is 21.6. The summed E-state index contributed by atoms with van der Waals surface area (Å²) in [5.74, 6) is 0. The summed E-state index contributed by atoms with van der Waals surface area (Å²) in [6, 6.07) is 0. The van der Waals surface area contributed by atoms with Crippen LogP contribution in [0, 0.1) is 0 Å². The molecule has 0 aromatic rings. The van der Waals surface area contributed by atoms with Gasteiger partial charge in [0.15, 0.2) is 0 Å². The minimum absolute atomic E-state index is 0. The van der Waals surface area contributed by atoms with Crippen molar-refractivity contribution < 1.29 is 23.8 Å². The Balaban J connectivity index is -0.0000000383. The molecule has 9 heteroatoms. The van der Waals surface area contributed by atoms with Crippen molar-refractivity contribution in [3.05, 3.63) is 0 Å². The van der Waals surface area contributed by atoms with Crippen LogP contribution in [0.4, 0.5) is 0 Å². The van der Waals surface area contributed by atoms with E-state index in [0.29, 0.717) is 0 Å². The first-order valence-corrected chi connectivity index (χ1v) is 5.30. The summed E-state index contributed by atoms with van der Waals surface area (Å²) in [6.45, 7) is 0. The first-order chi connectivity index (χ1) is 3.73. The normalized spacial score (nSPS) is 8.64. The molecule has 0 aliphatic carbocycles. The average Bonchev–Trinajstić information content (AvgIpc) is 1.19. The first-order valence-electron chi connectivity index (χ1n) is 1.77. The van der Waals surface area contributed by atoms with Crippen molar-refractivity contribution in [2.45, 2.75) is 0 Å². The van der Waals surface area contributed by atoms with Gasteiger partial charge in [-0.05, 0) is 0 Å². The maximum absolute atomic E-state index is 9.56. The summed E-state index contributed by atoms with van der Waals surface area (Å²) in [5, 5.41) is 0. The summed E-state index contributed by atoms with van der Waals surface area (Å²) >= 11 is -0.611. The molecule has 66 valence electrons. The fourth-order valence-electron chi connectivity index (χ4n) is 0. The molecule has 3 N–H and O–H groups in total. The predicted molar refractivity (Wildman–Crippen MR) is 51.3 cm³/mol. The van der Waals surface area contributed by atoms with Gasteiger partial charge in [-0.1, -0.05) is 11.2 Å². The molecular formula is C2H13Ca2O5PS. The summed E-state index contributed by atoms with van der Waals surface area (Å²) in [7, 11) is -4.64. The molecule has 0 bridgehead atoms. The molecular weight excluding hydrogens is 247 g/mol. The van der Waals surface area contributed by atoms with E-state index >= 15 is 0 Å². The molecule has 0 saturated carbocycles. The molecule has 0 atom stereocenters. The van der Waals surface area contributed by atoms with E-state index in [0.717, 1.165) is 0 Å². The Hall–Kier alpha value is 2.94. The van der Waals surface area contributed by atoms with Gasteiger partial charge in [-0.15, -0.1) is 0 Å².